The van der Waals surface area contributed by atoms with Crippen molar-refractivity contribution in [1.82, 2.24) is 5.32 Å². The lowest BCUT2D eigenvalue weighted by Gasteiger charge is -2.16. The van der Waals surface area contributed by atoms with Gasteiger partial charge >= 0.3 is 5.97 Å². The molecule has 0 saturated carbocycles. The van der Waals surface area contributed by atoms with E-state index >= 15 is 0 Å². The minimum Gasteiger partial charge on any atom is -0.497 e. The van der Waals surface area contributed by atoms with Gasteiger partial charge in [-0.25, -0.2) is 0 Å². The molecule has 0 aliphatic rings. The van der Waals surface area contributed by atoms with Crippen LogP contribution in [0.5, 0.6) is 5.75 Å². The lowest BCUT2D eigenvalue weighted by Crippen LogP contribution is -2.27. The van der Waals surface area contributed by atoms with Crippen molar-refractivity contribution < 1.29 is 19.4 Å². The Kier molecular flexibility index (Phi) is 4.51. The number of hydrogen-bond acceptors (Lipinski definition) is 3. The number of carboxylic acid groups (broad SMARTS) is 1. The van der Waals surface area contributed by atoms with Gasteiger partial charge in [0.2, 0.25) is 5.91 Å². The molecule has 92 valence electrons. The summed E-state index contributed by atoms with van der Waals surface area (Å²) in [5.74, 6) is -0.530. The van der Waals surface area contributed by atoms with Gasteiger partial charge in [0, 0.05) is 6.92 Å². The number of nitrogens with one attached hydrogen (secondary N) is 1. The van der Waals surface area contributed by atoms with Crippen LogP contribution in [0.2, 0.25) is 0 Å². The van der Waals surface area contributed by atoms with Crippen molar-refractivity contribution in [1.29, 1.82) is 0 Å². The smallest absolute Gasteiger partial charge is 0.305 e. The zero-order chi connectivity index (χ0) is 12.8. The molecule has 5 heteroatoms. The maximum absolute atomic E-state index is 11.0. The molecule has 1 aromatic carbocycles. The third-order valence-corrected chi connectivity index (χ3v) is 2.27. The van der Waals surface area contributed by atoms with Gasteiger partial charge in [0.15, 0.2) is 0 Å². The van der Waals surface area contributed by atoms with Crippen molar-refractivity contribution in [2.24, 2.45) is 0 Å². The number of hydrogen-bond donors (Lipinski definition) is 2. The average Bonchev–Trinajstić information content (AvgIpc) is 2.27. The molecule has 17 heavy (non-hydrogen) atoms. The van der Waals surface area contributed by atoms with Crippen LogP contribution in [-0.2, 0) is 9.59 Å². The second kappa shape index (κ2) is 5.89. The van der Waals surface area contributed by atoms with Gasteiger partial charge in [0.05, 0.1) is 19.6 Å². The van der Waals surface area contributed by atoms with E-state index in [0.717, 1.165) is 5.56 Å². The molecule has 0 bridgehead atoms. The molecule has 0 spiro atoms. The van der Waals surface area contributed by atoms with E-state index in [-0.39, 0.29) is 12.3 Å². The van der Waals surface area contributed by atoms with Gasteiger partial charge in [0.1, 0.15) is 5.75 Å². The maximum Gasteiger partial charge on any atom is 0.305 e. The number of carbonyl (C=O) groups excluding carboxylic acids is 1. The quantitative estimate of drug-likeness (QED) is 0.810. The molecule has 0 aromatic heterocycles. The van der Waals surface area contributed by atoms with Crippen molar-refractivity contribution in [2.75, 3.05) is 7.11 Å². The van der Waals surface area contributed by atoms with Gasteiger partial charge in [-0.15, -0.1) is 0 Å². The van der Waals surface area contributed by atoms with E-state index in [9.17, 15) is 9.59 Å². The molecule has 1 rings (SSSR count). The second-order valence-electron chi connectivity index (χ2n) is 3.62. The summed E-state index contributed by atoms with van der Waals surface area (Å²) in [7, 11) is 1.55. The predicted octanol–water partition coefficient (Wildman–Crippen LogP) is 1.35. The Balaban J connectivity index is 2.86. The normalized spacial score (nSPS) is 11.6. The van der Waals surface area contributed by atoms with Gasteiger partial charge in [-0.1, -0.05) is 12.1 Å². The summed E-state index contributed by atoms with van der Waals surface area (Å²) in [5.41, 5.74) is 0.739. The first-order chi connectivity index (χ1) is 8.02. The number of rotatable bonds is 5. The molecule has 1 atom stereocenters. The zero-order valence-corrected chi connectivity index (χ0v) is 9.77. The van der Waals surface area contributed by atoms with E-state index < -0.39 is 12.0 Å². The van der Waals surface area contributed by atoms with Crippen LogP contribution in [0.25, 0.3) is 0 Å². The summed E-state index contributed by atoms with van der Waals surface area (Å²) >= 11 is 0. The molecule has 2 N–H and O–H groups in total. The number of ether oxygens (including phenoxy) is 1. The number of methoxy groups -OCH3 is 1. The fourth-order valence-electron chi connectivity index (χ4n) is 1.51. The lowest BCUT2D eigenvalue weighted by atomic mass is 10.0. The molecule has 1 amide bonds. The predicted molar refractivity (Wildman–Crippen MR) is 61.8 cm³/mol. The Morgan fingerprint density at radius 2 is 1.94 bits per heavy atom. The van der Waals surface area contributed by atoms with Crippen molar-refractivity contribution in [3.8, 4) is 5.75 Å². The summed E-state index contributed by atoms with van der Waals surface area (Å²) in [5, 5.41) is 11.4. The Hall–Kier alpha value is -2.04. The van der Waals surface area contributed by atoms with Crippen LogP contribution in [0.3, 0.4) is 0 Å². The van der Waals surface area contributed by atoms with Crippen molar-refractivity contribution in [3.05, 3.63) is 29.8 Å². The van der Waals surface area contributed by atoms with Crippen LogP contribution < -0.4 is 10.1 Å². The van der Waals surface area contributed by atoms with Gasteiger partial charge < -0.3 is 15.2 Å². The third-order valence-electron chi connectivity index (χ3n) is 2.27. The number of carbonyl (C=O) groups is 2. The van der Waals surface area contributed by atoms with Crippen LogP contribution in [0.1, 0.15) is 24.9 Å². The first kappa shape index (κ1) is 13.0. The molecule has 0 heterocycles. The second-order valence-corrected chi connectivity index (χ2v) is 3.62. The fourth-order valence-corrected chi connectivity index (χ4v) is 1.51. The maximum atomic E-state index is 11.0. The monoisotopic (exact) mass is 237 g/mol. The topological polar surface area (TPSA) is 75.6 Å². The minimum absolute atomic E-state index is 0.147. The van der Waals surface area contributed by atoms with E-state index in [1.807, 2.05) is 0 Å². The lowest BCUT2D eigenvalue weighted by molar-refractivity contribution is -0.137. The molecule has 0 aliphatic heterocycles. The van der Waals surface area contributed by atoms with Crippen molar-refractivity contribution in [2.45, 2.75) is 19.4 Å². The summed E-state index contributed by atoms with van der Waals surface area (Å²) in [6.07, 6.45) is -0.147. The van der Waals surface area contributed by atoms with E-state index in [1.54, 1.807) is 31.4 Å². The third kappa shape index (κ3) is 4.14. The van der Waals surface area contributed by atoms with Gasteiger partial charge in [-0.05, 0) is 17.7 Å². The highest BCUT2D eigenvalue weighted by atomic mass is 16.5. The first-order valence-corrected chi connectivity index (χ1v) is 5.15. The van der Waals surface area contributed by atoms with E-state index in [0.29, 0.717) is 5.75 Å². The molecule has 0 fully saturated rings. The van der Waals surface area contributed by atoms with Gasteiger partial charge in [-0.3, -0.25) is 9.59 Å². The Bertz CT molecular complexity index is 383. The molecule has 5 nitrogen and oxygen atoms in total. The molecular formula is C12H15NO4. The summed E-state index contributed by atoms with van der Waals surface area (Å²) < 4.78 is 5.01. The largest absolute Gasteiger partial charge is 0.497 e. The van der Waals surface area contributed by atoms with Crippen LogP contribution in [0, 0.1) is 0 Å². The number of aliphatic carboxylic acids is 1. The summed E-state index contributed by atoms with van der Waals surface area (Å²) in [6, 6.07) is 6.42. The molecule has 0 saturated heterocycles. The highest BCUT2D eigenvalue weighted by Gasteiger charge is 2.16. The first-order valence-electron chi connectivity index (χ1n) is 5.15. The van der Waals surface area contributed by atoms with Crippen LogP contribution in [0.15, 0.2) is 24.3 Å². The van der Waals surface area contributed by atoms with Crippen LogP contribution >= 0.6 is 0 Å². The minimum atomic E-state index is -0.959. The highest BCUT2D eigenvalue weighted by molar-refractivity contribution is 5.75. The van der Waals surface area contributed by atoms with E-state index in [2.05, 4.69) is 5.32 Å². The molecule has 1 unspecified atom stereocenters. The van der Waals surface area contributed by atoms with Gasteiger partial charge in [0.25, 0.3) is 0 Å². The van der Waals surface area contributed by atoms with Crippen LogP contribution in [0.4, 0.5) is 0 Å². The van der Waals surface area contributed by atoms with Crippen molar-refractivity contribution in [3.63, 3.8) is 0 Å². The van der Waals surface area contributed by atoms with E-state index in [4.69, 9.17) is 9.84 Å². The van der Waals surface area contributed by atoms with Gasteiger partial charge in [-0.2, -0.15) is 0 Å². The summed E-state index contributed by atoms with van der Waals surface area (Å²) in [6.45, 7) is 1.36. The number of carboxylic acids is 1. The molecule has 0 aliphatic carbocycles. The highest BCUT2D eigenvalue weighted by Crippen LogP contribution is 2.20. The fraction of sp³-hybridized carbons (Fsp3) is 0.333. The molecular weight excluding hydrogens is 222 g/mol. The Labute approximate surface area is 99.4 Å². The molecule has 1 aromatic rings. The average molecular weight is 237 g/mol. The van der Waals surface area contributed by atoms with Crippen LogP contribution in [-0.4, -0.2) is 24.1 Å². The zero-order valence-electron chi connectivity index (χ0n) is 9.77. The molecule has 0 radical (unpaired) electrons. The standard InChI is InChI=1S/C12H15NO4/c1-8(14)13-11(7-12(15)16)9-3-5-10(17-2)6-4-9/h3-6,11H,7H2,1-2H3,(H,13,14)(H,15,16). The Morgan fingerprint density at radius 1 is 1.35 bits per heavy atom. The summed E-state index contributed by atoms with van der Waals surface area (Å²) in [4.78, 5) is 21.7. The van der Waals surface area contributed by atoms with Crippen molar-refractivity contribution >= 4 is 11.9 Å². The van der Waals surface area contributed by atoms with E-state index in [1.165, 1.54) is 6.92 Å². The Morgan fingerprint density at radius 3 is 2.35 bits per heavy atom. The SMILES string of the molecule is COc1ccc(C(CC(=O)O)NC(C)=O)cc1. The number of amides is 1. The number of benzene rings is 1.